The standard InChI is InChI=1S/C9H17O7P/c1-3-4-5-9(2,8(12)13)6(7(10)11)17(14,15)16/h6H,3-5H2,1-2H3,(H,10,11)(H,12,13)(H2,14,15,16). The van der Waals surface area contributed by atoms with Gasteiger partial charge in [0.15, 0.2) is 5.66 Å². The lowest BCUT2D eigenvalue weighted by Crippen LogP contribution is -2.44. The Balaban J connectivity index is 5.47. The van der Waals surface area contributed by atoms with E-state index in [1.165, 1.54) is 0 Å². The zero-order valence-electron chi connectivity index (χ0n) is 9.66. The predicted octanol–water partition coefficient (Wildman–Crippen LogP) is 0.898. The third-order valence-corrected chi connectivity index (χ3v) is 4.18. The monoisotopic (exact) mass is 268 g/mol. The summed E-state index contributed by atoms with van der Waals surface area (Å²) in [6.07, 6.45) is 0.893. The molecule has 2 atom stereocenters. The van der Waals surface area contributed by atoms with E-state index in [1.807, 2.05) is 0 Å². The van der Waals surface area contributed by atoms with Gasteiger partial charge in [-0.15, -0.1) is 0 Å². The van der Waals surface area contributed by atoms with E-state index in [0.29, 0.717) is 12.8 Å². The Morgan fingerprint density at radius 2 is 1.76 bits per heavy atom. The SMILES string of the molecule is CCCCC(C)(C(=O)O)C(C(=O)O)P(=O)(O)O. The summed E-state index contributed by atoms with van der Waals surface area (Å²) in [5, 5.41) is 17.9. The normalized spacial score (nSPS) is 17.2. The maximum Gasteiger partial charge on any atom is 0.340 e. The first-order valence-corrected chi connectivity index (χ1v) is 6.77. The Kier molecular flexibility index (Phi) is 5.32. The van der Waals surface area contributed by atoms with Gasteiger partial charge in [0.1, 0.15) is 0 Å². The largest absolute Gasteiger partial charge is 0.481 e. The van der Waals surface area contributed by atoms with Gasteiger partial charge in [0.05, 0.1) is 5.41 Å². The van der Waals surface area contributed by atoms with Crippen molar-refractivity contribution in [1.29, 1.82) is 0 Å². The van der Waals surface area contributed by atoms with Crippen molar-refractivity contribution in [2.45, 2.75) is 38.8 Å². The highest BCUT2D eigenvalue weighted by Gasteiger charge is 2.54. The predicted molar refractivity (Wildman–Crippen MR) is 58.7 cm³/mol. The van der Waals surface area contributed by atoms with Crippen LogP contribution in [0.25, 0.3) is 0 Å². The first kappa shape index (κ1) is 16.1. The van der Waals surface area contributed by atoms with Crippen LogP contribution in [0, 0.1) is 5.41 Å². The third kappa shape index (κ3) is 3.80. The molecule has 2 unspecified atom stereocenters. The smallest absolute Gasteiger partial charge is 0.340 e. The van der Waals surface area contributed by atoms with Crippen LogP contribution in [0.3, 0.4) is 0 Å². The average Bonchev–Trinajstić information content (AvgIpc) is 2.11. The van der Waals surface area contributed by atoms with Crippen LogP contribution < -0.4 is 0 Å². The summed E-state index contributed by atoms with van der Waals surface area (Å²) in [7, 11) is -5.03. The van der Waals surface area contributed by atoms with E-state index >= 15 is 0 Å². The minimum Gasteiger partial charge on any atom is -0.481 e. The highest BCUT2D eigenvalue weighted by Crippen LogP contribution is 2.51. The molecule has 17 heavy (non-hydrogen) atoms. The van der Waals surface area contributed by atoms with Crippen LogP contribution in [0.1, 0.15) is 33.1 Å². The number of carboxylic acids is 2. The summed E-state index contributed by atoms with van der Waals surface area (Å²) in [5.74, 6) is -3.30. The van der Waals surface area contributed by atoms with E-state index < -0.39 is 30.6 Å². The Labute approximate surface area is 98.6 Å². The van der Waals surface area contributed by atoms with Crippen LogP contribution in [0.15, 0.2) is 0 Å². The van der Waals surface area contributed by atoms with E-state index in [2.05, 4.69) is 0 Å². The van der Waals surface area contributed by atoms with Crippen molar-refractivity contribution >= 4 is 19.5 Å². The Hall–Kier alpha value is -0.910. The van der Waals surface area contributed by atoms with Gasteiger partial charge in [-0.3, -0.25) is 14.2 Å². The second kappa shape index (κ2) is 5.62. The molecule has 0 saturated carbocycles. The molecule has 0 aromatic carbocycles. The van der Waals surface area contributed by atoms with Crippen molar-refractivity contribution in [3.8, 4) is 0 Å². The van der Waals surface area contributed by atoms with Crippen molar-refractivity contribution in [1.82, 2.24) is 0 Å². The summed E-state index contributed by atoms with van der Waals surface area (Å²) in [4.78, 5) is 40.0. The van der Waals surface area contributed by atoms with Gasteiger partial charge in [0.25, 0.3) is 0 Å². The average molecular weight is 268 g/mol. The number of carboxylic acid groups (broad SMARTS) is 2. The van der Waals surface area contributed by atoms with Crippen LogP contribution in [0.4, 0.5) is 0 Å². The molecular weight excluding hydrogens is 251 g/mol. The molecule has 8 heteroatoms. The third-order valence-electron chi connectivity index (χ3n) is 2.71. The Morgan fingerprint density at radius 3 is 2.00 bits per heavy atom. The van der Waals surface area contributed by atoms with Gasteiger partial charge in [-0.25, -0.2) is 0 Å². The minimum absolute atomic E-state index is 0.0963. The summed E-state index contributed by atoms with van der Waals surface area (Å²) in [6.45, 7) is 2.83. The molecule has 0 aliphatic carbocycles. The van der Waals surface area contributed by atoms with E-state index in [1.54, 1.807) is 6.92 Å². The van der Waals surface area contributed by atoms with E-state index in [-0.39, 0.29) is 6.42 Å². The van der Waals surface area contributed by atoms with E-state index in [4.69, 9.17) is 20.0 Å². The van der Waals surface area contributed by atoms with Gasteiger partial charge in [-0.2, -0.15) is 0 Å². The Bertz CT molecular complexity index is 347. The summed E-state index contributed by atoms with van der Waals surface area (Å²) in [6, 6.07) is 0. The van der Waals surface area contributed by atoms with Crippen molar-refractivity contribution in [2.24, 2.45) is 5.41 Å². The molecule has 0 bridgehead atoms. The van der Waals surface area contributed by atoms with Gasteiger partial charge < -0.3 is 20.0 Å². The zero-order valence-corrected chi connectivity index (χ0v) is 10.6. The molecule has 0 radical (unpaired) electrons. The second-order valence-corrected chi connectivity index (χ2v) is 5.85. The fraction of sp³-hybridized carbons (Fsp3) is 0.778. The molecule has 100 valence electrons. The molecule has 0 aliphatic rings. The van der Waals surface area contributed by atoms with Gasteiger partial charge in [0.2, 0.25) is 0 Å². The Morgan fingerprint density at radius 1 is 1.29 bits per heavy atom. The molecule has 0 rings (SSSR count). The number of aliphatic carboxylic acids is 2. The van der Waals surface area contributed by atoms with Crippen molar-refractivity contribution in [3.05, 3.63) is 0 Å². The summed E-state index contributed by atoms with van der Waals surface area (Å²) in [5.41, 5.74) is -4.19. The molecular formula is C9H17O7P. The maximum absolute atomic E-state index is 11.1. The maximum atomic E-state index is 11.1. The molecule has 0 aromatic rings. The highest BCUT2D eigenvalue weighted by atomic mass is 31.2. The summed E-state index contributed by atoms with van der Waals surface area (Å²) < 4.78 is 11.1. The van der Waals surface area contributed by atoms with Crippen molar-refractivity contribution in [2.75, 3.05) is 0 Å². The quantitative estimate of drug-likeness (QED) is 0.504. The zero-order chi connectivity index (χ0) is 13.9. The van der Waals surface area contributed by atoms with Crippen LogP contribution in [0.5, 0.6) is 0 Å². The van der Waals surface area contributed by atoms with Gasteiger partial charge in [0, 0.05) is 0 Å². The van der Waals surface area contributed by atoms with Gasteiger partial charge in [-0.1, -0.05) is 19.8 Å². The van der Waals surface area contributed by atoms with Crippen LogP contribution >= 0.6 is 7.60 Å². The minimum atomic E-state index is -5.03. The fourth-order valence-corrected chi connectivity index (χ4v) is 2.96. The molecule has 0 aromatic heterocycles. The van der Waals surface area contributed by atoms with Crippen molar-refractivity contribution < 1.29 is 34.2 Å². The number of hydrogen-bond acceptors (Lipinski definition) is 3. The molecule has 0 amide bonds. The number of hydrogen-bond donors (Lipinski definition) is 4. The van der Waals surface area contributed by atoms with Gasteiger partial charge >= 0.3 is 19.5 Å². The van der Waals surface area contributed by atoms with Crippen LogP contribution in [-0.4, -0.2) is 37.6 Å². The second-order valence-electron chi connectivity index (χ2n) is 4.16. The number of carbonyl (C=O) groups is 2. The number of rotatable bonds is 7. The molecule has 0 saturated heterocycles. The number of unbranched alkanes of at least 4 members (excludes halogenated alkanes) is 1. The first-order valence-electron chi connectivity index (χ1n) is 5.08. The topological polar surface area (TPSA) is 132 Å². The first-order chi connectivity index (χ1) is 7.57. The van der Waals surface area contributed by atoms with Crippen LogP contribution in [-0.2, 0) is 14.2 Å². The molecule has 7 nitrogen and oxygen atoms in total. The summed E-state index contributed by atoms with van der Waals surface area (Å²) >= 11 is 0. The van der Waals surface area contributed by atoms with Crippen LogP contribution in [0.2, 0.25) is 0 Å². The molecule has 0 heterocycles. The lowest BCUT2D eigenvalue weighted by atomic mass is 9.81. The van der Waals surface area contributed by atoms with Crippen molar-refractivity contribution in [3.63, 3.8) is 0 Å². The molecule has 0 fully saturated rings. The molecule has 0 spiro atoms. The highest BCUT2D eigenvalue weighted by molar-refractivity contribution is 7.53. The molecule has 4 N–H and O–H groups in total. The lowest BCUT2D eigenvalue weighted by Gasteiger charge is -2.31. The fourth-order valence-electron chi connectivity index (χ4n) is 1.69. The lowest BCUT2D eigenvalue weighted by molar-refractivity contribution is -0.155. The van der Waals surface area contributed by atoms with Gasteiger partial charge in [-0.05, 0) is 13.3 Å². The molecule has 0 aliphatic heterocycles. The van der Waals surface area contributed by atoms with E-state index in [0.717, 1.165) is 6.92 Å². The van der Waals surface area contributed by atoms with E-state index in [9.17, 15) is 14.2 Å².